The van der Waals surface area contributed by atoms with Gasteiger partial charge in [0.15, 0.2) is 0 Å². The predicted octanol–water partition coefficient (Wildman–Crippen LogP) is 0.522. The third-order valence-electron chi connectivity index (χ3n) is 2.05. The Morgan fingerprint density at radius 3 is 2.62 bits per heavy atom. The van der Waals surface area contributed by atoms with E-state index in [1.807, 2.05) is 48.8 Å². The van der Waals surface area contributed by atoms with Gasteiger partial charge in [0, 0.05) is 0 Å². The molecule has 0 spiro atoms. The molecule has 0 radical (unpaired) electrons. The molecule has 0 aromatic carbocycles. The summed E-state index contributed by atoms with van der Waals surface area (Å²) in [5.41, 5.74) is -0.368. The van der Waals surface area contributed by atoms with Crippen molar-refractivity contribution in [1.82, 2.24) is 4.57 Å². The number of aromatic nitrogens is 2. The number of aliphatic carboxylic acids is 1. The Balaban J connectivity index is 2.86. The number of hydrogen-bond acceptors (Lipinski definition) is 1. The van der Waals surface area contributed by atoms with E-state index in [1.54, 1.807) is 0 Å². The Labute approximate surface area is 77.4 Å². The third-order valence-corrected chi connectivity index (χ3v) is 2.05. The van der Waals surface area contributed by atoms with Crippen LogP contribution in [0.2, 0.25) is 0 Å². The van der Waals surface area contributed by atoms with Crippen molar-refractivity contribution in [1.29, 1.82) is 0 Å². The summed E-state index contributed by atoms with van der Waals surface area (Å²) in [5, 5.41) is 8.70. The molecule has 0 aliphatic heterocycles. The summed E-state index contributed by atoms with van der Waals surface area (Å²) < 4.78 is 3.80. The zero-order valence-electron chi connectivity index (χ0n) is 8.19. The van der Waals surface area contributed by atoms with E-state index in [9.17, 15) is 4.79 Å². The Morgan fingerprint density at radius 1 is 1.62 bits per heavy atom. The fourth-order valence-corrected chi connectivity index (χ4v) is 1.27. The summed E-state index contributed by atoms with van der Waals surface area (Å²) >= 11 is 0. The first kappa shape index (κ1) is 9.77. The quantitative estimate of drug-likeness (QED) is 0.694. The number of carboxylic acids is 1. The number of carbonyl (C=O) groups is 1. The molecule has 0 amide bonds. The number of imidazole rings is 1. The van der Waals surface area contributed by atoms with Gasteiger partial charge in [-0.3, -0.25) is 4.79 Å². The van der Waals surface area contributed by atoms with Crippen LogP contribution < -0.4 is 4.57 Å². The lowest BCUT2D eigenvalue weighted by Crippen LogP contribution is -2.31. The van der Waals surface area contributed by atoms with Gasteiger partial charge in [-0.15, -0.1) is 0 Å². The Hall–Kier alpha value is -1.32. The topological polar surface area (TPSA) is 46.1 Å². The SMILES string of the molecule is C[n+]1ccn(C(C)(C)CC(=O)O)c1. The van der Waals surface area contributed by atoms with Crippen molar-refractivity contribution in [3.05, 3.63) is 18.7 Å². The maximum absolute atomic E-state index is 10.6. The van der Waals surface area contributed by atoms with Crippen molar-refractivity contribution < 1.29 is 14.5 Å². The lowest BCUT2D eigenvalue weighted by Gasteiger charge is -2.18. The molecular formula is C9H15N2O2+. The van der Waals surface area contributed by atoms with Crippen LogP contribution in [0.25, 0.3) is 0 Å². The highest BCUT2D eigenvalue weighted by Gasteiger charge is 2.28. The van der Waals surface area contributed by atoms with Gasteiger partial charge in [0.05, 0.1) is 13.5 Å². The summed E-state index contributed by atoms with van der Waals surface area (Å²) in [4.78, 5) is 10.6. The predicted molar refractivity (Wildman–Crippen MR) is 47.2 cm³/mol. The van der Waals surface area contributed by atoms with Gasteiger partial charge >= 0.3 is 5.97 Å². The van der Waals surface area contributed by atoms with E-state index in [-0.39, 0.29) is 12.0 Å². The van der Waals surface area contributed by atoms with E-state index in [2.05, 4.69) is 0 Å². The summed E-state index contributed by atoms with van der Waals surface area (Å²) in [7, 11) is 1.91. The van der Waals surface area contributed by atoms with Crippen LogP contribution in [0.15, 0.2) is 18.7 Å². The zero-order valence-corrected chi connectivity index (χ0v) is 8.19. The molecule has 1 heterocycles. The normalized spacial score (nSPS) is 11.6. The molecule has 1 aromatic heterocycles. The van der Waals surface area contributed by atoms with Crippen molar-refractivity contribution in [2.24, 2.45) is 7.05 Å². The number of carboxylic acid groups (broad SMARTS) is 1. The van der Waals surface area contributed by atoms with Crippen LogP contribution in [-0.4, -0.2) is 15.6 Å². The van der Waals surface area contributed by atoms with Gasteiger partial charge in [0.1, 0.15) is 17.9 Å². The average Bonchev–Trinajstić information content (AvgIpc) is 2.32. The molecule has 0 fully saturated rings. The van der Waals surface area contributed by atoms with Crippen LogP contribution in [-0.2, 0) is 17.4 Å². The highest BCUT2D eigenvalue weighted by molar-refractivity contribution is 5.67. The van der Waals surface area contributed by atoms with E-state index < -0.39 is 5.97 Å². The number of rotatable bonds is 3. The van der Waals surface area contributed by atoms with E-state index in [1.165, 1.54) is 0 Å². The minimum Gasteiger partial charge on any atom is -0.481 e. The second-order valence-electron chi connectivity index (χ2n) is 3.87. The Bertz CT molecular complexity index is 315. The highest BCUT2D eigenvalue weighted by Crippen LogP contribution is 2.18. The molecule has 4 heteroatoms. The van der Waals surface area contributed by atoms with Crippen LogP contribution in [0, 0.1) is 0 Å². The smallest absolute Gasteiger partial charge is 0.307 e. The zero-order chi connectivity index (χ0) is 10.1. The van der Waals surface area contributed by atoms with Gasteiger partial charge in [0.2, 0.25) is 6.33 Å². The first-order valence-corrected chi connectivity index (χ1v) is 4.17. The second-order valence-corrected chi connectivity index (χ2v) is 3.87. The maximum atomic E-state index is 10.6. The van der Waals surface area contributed by atoms with Crippen molar-refractivity contribution in [3.8, 4) is 0 Å². The third kappa shape index (κ3) is 2.31. The Kier molecular flexibility index (Phi) is 2.40. The first-order chi connectivity index (χ1) is 5.92. The number of hydrogen-bond donors (Lipinski definition) is 1. The summed E-state index contributed by atoms with van der Waals surface area (Å²) in [5.74, 6) is -0.777. The molecule has 72 valence electrons. The van der Waals surface area contributed by atoms with Crippen molar-refractivity contribution >= 4 is 5.97 Å². The molecule has 0 unspecified atom stereocenters. The van der Waals surface area contributed by atoms with E-state index >= 15 is 0 Å². The second kappa shape index (κ2) is 3.20. The number of nitrogens with zero attached hydrogens (tertiary/aromatic N) is 2. The molecule has 0 aliphatic rings. The molecule has 1 aromatic rings. The van der Waals surface area contributed by atoms with Crippen LogP contribution >= 0.6 is 0 Å². The maximum Gasteiger partial charge on any atom is 0.307 e. The first-order valence-electron chi connectivity index (χ1n) is 4.17. The molecule has 4 nitrogen and oxygen atoms in total. The fourth-order valence-electron chi connectivity index (χ4n) is 1.27. The summed E-state index contributed by atoms with van der Waals surface area (Å²) in [6.45, 7) is 3.81. The largest absolute Gasteiger partial charge is 0.481 e. The monoisotopic (exact) mass is 183 g/mol. The molecule has 0 aliphatic carbocycles. The summed E-state index contributed by atoms with van der Waals surface area (Å²) in [6, 6.07) is 0. The molecule has 0 bridgehead atoms. The van der Waals surface area contributed by atoms with Gasteiger partial charge in [-0.25, -0.2) is 9.13 Å². The van der Waals surface area contributed by atoms with Gasteiger partial charge in [-0.1, -0.05) is 0 Å². The molecule has 0 saturated heterocycles. The van der Waals surface area contributed by atoms with Crippen molar-refractivity contribution in [3.63, 3.8) is 0 Å². The van der Waals surface area contributed by atoms with Crippen molar-refractivity contribution in [2.45, 2.75) is 25.8 Å². The fraction of sp³-hybridized carbons (Fsp3) is 0.556. The minimum absolute atomic E-state index is 0.127. The standard InChI is InChI=1S/C9H14N2O2/c1-9(2,6-8(12)13)11-5-4-10(3)7-11/h4-5,7H,6H2,1-3H3/p+1. The molecule has 13 heavy (non-hydrogen) atoms. The lowest BCUT2D eigenvalue weighted by atomic mass is 10.0. The van der Waals surface area contributed by atoms with Crippen LogP contribution in [0.1, 0.15) is 20.3 Å². The Morgan fingerprint density at radius 2 is 2.23 bits per heavy atom. The van der Waals surface area contributed by atoms with Gasteiger partial charge in [0.25, 0.3) is 0 Å². The molecule has 0 saturated carbocycles. The number of aryl methyl sites for hydroxylation is 1. The van der Waals surface area contributed by atoms with Crippen LogP contribution in [0.3, 0.4) is 0 Å². The average molecular weight is 183 g/mol. The van der Waals surface area contributed by atoms with Gasteiger partial charge in [-0.2, -0.15) is 0 Å². The minimum atomic E-state index is -0.777. The molecule has 1 rings (SSSR count). The van der Waals surface area contributed by atoms with Gasteiger partial charge < -0.3 is 5.11 Å². The molecular weight excluding hydrogens is 168 g/mol. The van der Waals surface area contributed by atoms with Crippen LogP contribution in [0.4, 0.5) is 0 Å². The van der Waals surface area contributed by atoms with Gasteiger partial charge in [-0.05, 0) is 13.8 Å². The van der Waals surface area contributed by atoms with E-state index in [4.69, 9.17) is 5.11 Å². The molecule has 1 N–H and O–H groups in total. The lowest BCUT2D eigenvalue weighted by molar-refractivity contribution is -0.671. The van der Waals surface area contributed by atoms with Crippen molar-refractivity contribution in [2.75, 3.05) is 0 Å². The van der Waals surface area contributed by atoms with Crippen LogP contribution in [0.5, 0.6) is 0 Å². The van der Waals surface area contributed by atoms with E-state index in [0.29, 0.717) is 0 Å². The van der Waals surface area contributed by atoms with E-state index in [0.717, 1.165) is 0 Å². The summed E-state index contributed by atoms with van der Waals surface area (Å²) in [6.07, 6.45) is 5.77. The molecule has 0 atom stereocenters. The highest BCUT2D eigenvalue weighted by atomic mass is 16.4.